The number of ether oxygens (including phenoxy) is 1. The van der Waals surface area contributed by atoms with Crippen LogP contribution in [0.2, 0.25) is 10.0 Å². The summed E-state index contributed by atoms with van der Waals surface area (Å²) in [6.45, 7) is 6.07. The number of methoxy groups -OCH3 is 1. The molecule has 0 unspecified atom stereocenters. The minimum absolute atomic E-state index is 0.0557. The number of rotatable bonds is 6. The van der Waals surface area contributed by atoms with Crippen LogP contribution in [0.15, 0.2) is 54.6 Å². The Balaban J connectivity index is 1.69. The Bertz CT molecular complexity index is 1610. The molecule has 0 saturated carbocycles. The summed E-state index contributed by atoms with van der Waals surface area (Å²) in [5.74, 6) is -3.80. The standard InChI is InChI=1S/C31H30Cl2FN3O5/c1-30(2,3)14-23-31(19-11-8-15(32)12-21(19)36-29(31)41)24(18-6-5-7-20(33)25(18)34)26(37-23)27(38)35-16-9-10-17(28(39)40)22(13-16)42-4/h5-13,23-24,26,37H,14H2,1-4H3,(H,35,38)(H,36,41)(H,39,40)/t23-,24-,26+,31+/m0/s1. The lowest BCUT2D eigenvalue weighted by Crippen LogP contribution is -2.49. The van der Waals surface area contributed by atoms with Gasteiger partial charge in [0.15, 0.2) is 0 Å². The van der Waals surface area contributed by atoms with Crippen LogP contribution in [-0.2, 0) is 15.0 Å². The highest BCUT2D eigenvalue weighted by Crippen LogP contribution is 2.57. The van der Waals surface area contributed by atoms with Crippen molar-refractivity contribution in [3.05, 3.63) is 87.2 Å². The van der Waals surface area contributed by atoms with Crippen LogP contribution in [0.5, 0.6) is 5.75 Å². The molecule has 2 aliphatic heterocycles. The smallest absolute Gasteiger partial charge is 0.339 e. The van der Waals surface area contributed by atoms with Gasteiger partial charge in [0.05, 0.1) is 18.2 Å². The molecule has 5 rings (SSSR count). The van der Waals surface area contributed by atoms with Gasteiger partial charge in [-0.25, -0.2) is 9.18 Å². The number of fused-ring (bicyclic) bond motifs is 2. The molecule has 0 aliphatic carbocycles. The first-order valence-electron chi connectivity index (χ1n) is 13.3. The Labute approximate surface area is 252 Å². The second-order valence-electron chi connectivity index (χ2n) is 11.8. The number of aromatic carboxylic acids is 1. The predicted molar refractivity (Wildman–Crippen MR) is 159 cm³/mol. The van der Waals surface area contributed by atoms with E-state index in [1.165, 1.54) is 31.4 Å². The Hall–Kier alpha value is -3.66. The molecule has 4 atom stereocenters. The van der Waals surface area contributed by atoms with E-state index in [4.69, 9.17) is 27.9 Å². The van der Waals surface area contributed by atoms with Crippen LogP contribution in [0.4, 0.5) is 15.8 Å². The fraction of sp³-hybridized carbons (Fsp3) is 0.323. The van der Waals surface area contributed by atoms with E-state index in [1.54, 1.807) is 30.3 Å². The molecule has 3 aromatic carbocycles. The fourth-order valence-electron chi connectivity index (χ4n) is 6.32. The zero-order valence-electron chi connectivity index (χ0n) is 23.3. The van der Waals surface area contributed by atoms with Crippen LogP contribution in [0.1, 0.15) is 54.6 Å². The molecule has 0 bridgehead atoms. The average Bonchev–Trinajstić information content (AvgIpc) is 3.38. The van der Waals surface area contributed by atoms with Crippen LogP contribution in [0, 0.1) is 11.2 Å². The van der Waals surface area contributed by atoms with Crippen molar-refractivity contribution in [3.63, 3.8) is 0 Å². The summed E-state index contributed by atoms with van der Waals surface area (Å²) in [6, 6.07) is 12.1. The number of benzene rings is 3. The summed E-state index contributed by atoms with van der Waals surface area (Å²) >= 11 is 12.5. The molecule has 3 aromatic rings. The molecule has 2 amide bonds. The normalized spacial score (nSPS) is 23.0. The van der Waals surface area contributed by atoms with Crippen molar-refractivity contribution < 1.29 is 28.6 Å². The molecule has 4 N–H and O–H groups in total. The van der Waals surface area contributed by atoms with E-state index >= 15 is 4.39 Å². The number of amides is 2. The van der Waals surface area contributed by atoms with E-state index in [2.05, 4.69) is 16.0 Å². The molecular weight excluding hydrogens is 584 g/mol. The number of hydrogen-bond donors (Lipinski definition) is 4. The highest BCUT2D eigenvalue weighted by atomic mass is 35.5. The van der Waals surface area contributed by atoms with E-state index in [9.17, 15) is 19.5 Å². The molecule has 42 heavy (non-hydrogen) atoms. The number of hydrogen-bond acceptors (Lipinski definition) is 5. The zero-order valence-corrected chi connectivity index (χ0v) is 24.9. The number of carboxylic acid groups (broad SMARTS) is 1. The molecule has 8 nitrogen and oxygen atoms in total. The Morgan fingerprint density at radius 3 is 2.52 bits per heavy atom. The monoisotopic (exact) mass is 613 g/mol. The highest BCUT2D eigenvalue weighted by molar-refractivity contribution is 6.31. The van der Waals surface area contributed by atoms with E-state index < -0.39 is 41.1 Å². The maximum atomic E-state index is 15.9. The van der Waals surface area contributed by atoms with E-state index in [0.29, 0.717) is 22.7 Å². The third-order valence-electron chi connectivity index (χ3n) is 7.92. The molecular formula is C31H30Cl2FN3O5. The summed E-state index contributed by atoms with van der Waals surface area (Å²) in [7, 11) is 1.33. The minimum Gasteiger partial charge on any atom is -0.496 e. The molecule has 2 aliphatic rings. The molecule has 2 heterocycles. The van der Waals surface area contributed by atoms with Gasteiger partial charge in [0.25, 0.3) is 0 Å². The van der Waals surface area contributed by atoms with Gasteiger partial charge in [-0.3, -0.25) is 9.59 Å². The first kappa shape index (κ1) is 29.8. The summed E-state index contributed by atoms with van der Waals surface area (Å²) in [6.07, 6.45) is 0.464. The average molecular weight is 615 g/mol. The quantitative estimate of drug-likeness (QED) is 0.262. The van der Waals surface area contributed by atoms with Crippen LogP contribution < -0.4 is 20.7 Å². The van der Waals surface area contributed by atoms with Crippen molar-refractivity contribution in [2.45, 2.75) is 50.6 Å². The minimum atomic E-state index is -1.40. The number of carbonyl (C=O) groups excluding carboxylic acids is 2. The summed E-state index contributed by atoms with van der Waals surface area (Å²) in [5.41, 5.74) is -0.278. The number of carboxylic acids is 1. The van der Waals surface area contributed by atoms with Crippen molar-refractivity contribution in [3.8, 4) is 5.75 Å². The van der Waals surface area contributed by atoms with Crippen molar-refractivity contribution in [2.24, 2.45) is 5.41 Å². The number of anilines is 2. The van der Waals surface area contributed by atoms with E-state index in [0.717, 1.165) is 0 Å². The molecule has 1 spiro atoms. The largest absolute Gasteiger partial charge is 0.496 e. The van der Waals surface area contributed by atoms with E-state index in [-0.39, 0.29) is 38.9 Å². The zero-order chi connectivity index (χ0) is 30.6. The first-order chi connectivity index (χ1) is 19.8. The van der Waals surface area contributed by atoms with E-state index in [1.807, 2.05) is 20.8 Å². The van der Waals surface area contributed by atoms with Gasteiger partial charge in [-0.1, -0.05) is 62.2 Å². The van der Waals surface area contributed by atoms with Crippen molar-refractivity contribution in [1.82, 2.24) is 5.32 Å². The van der Waals surface area contributed by atoms with Gasteiger partial charge < -0.3 is 25.8 Å². The molecule has 1 saturated heterocycles. The lowest BCUT2D eigenvalue weighted by molar-refractivity contribution is -0.122. The highest BCUT2D eigenvalue weighted by Gasteiger charge is 2.66. The SMILES string of the molecule is COc1cc(NC(=O)[C@@H]2N[C@@H](CC(C)(C)C)[C@@]3(C(=O)Nc4cc(Cl)ccc43)[C@H]2c2cccc(Cl)c2F)ccc1C(=O)O. The van der Waals surface area contributed by atoms with Crippen LogP contribution in [-0.4, -0.2) is 42.1 Å². The van der Waals surface area contributed by atoms with Gasteiger partial charge in [-0.15, -0.1) is 0 Å². The summed E-state index contributed by atoms with van der Waals surface area (Å²) in [4.78, 5) is 39.9. The van der Waals surface area contributed by atoms with Gasteiger partial charge in [-0.05, 0) is 53.3 Å². The van der Waals surface area contributed by atoms with Crippen LogP contribution >= 0.6 is 23.2 Å². The lowest BCUT2D eigenvalue weighted by Gasteiger charge is -2.37. The second-order valence-corrected chi connectivity index (χ2v) is 12.6. The third-order valence-corrected chi connectivity index (χ3v) is 8.45. The summed E-state index contributed by atoms with van der Waals surface area (Å²) in [5, 5.41) is 18.9. The van der Waals surface area contributed by atoms with Gasteiger partial charge >= 0.3 is 5.97 Å². The van der Waals surface area contributed by atoms with Gasteiger partial charge in [0.2, 0.25) is 11.8 Å². The fourth-order valence-corrected chi connectivity index (χ4v) is 6.67. The number of halogens is 3. The van der Waals surface area contributed by atoms with Gasteiger partial charge in [-0.2, -0.15) is 0 Å². The maximum absolute atomic E-state index is 15.9. The molecule has 220 valence electrons. The topological polar surface area (TPSA) is 117 Å². The molecule has 0 aromatic heterocycles. The van der Waals surface area contributed by atoms with Crippen LogP contribution in [0.3, 0.4) is 0 Å². The lowest BCUT2D eigenvalue weighted by atomic mass is 9.62. The maximum Gasteiger partial charge on any atom is 0.339 e. The second kappa shape index (κ2) is 10.9. The molecule has 11 heteroatoms. The summed E-state index contributed by atoms with van der Waals surface area (Å²) < 4.78 is 21.1. The number of nitrogens with one attached hydrogen (secondary N) is 3. The Kier molecular flexibility index (Phi) is 7.72. The molecule has 0 radical (unpaired) electrons. The van der Waals surface area contributed by atoms with Crippen molar-refractivity contribution >= 4 is 52.4 Å². The third kappa shape index (κ3) is 4.99. The predicted octanol–water partition coefficient (Wildman–Crippen LogP) is 6.23. The van der Waals surface area contributed by atoms with Crippen LogP contribution in [0.25, 0.3) is 0 Å². The number of carbonyl (C=O) groups is 3. The first-order valence-corrected chi connectivity index (χ1v) is 14.1. The van der Waals surface area contributed by atoms with Gasteiger partial charge in [0, 0.05) is 34.4 Å². The van der Waals surface area contributed by atoms with Crippen molar-refractivity contribution in [1.29, 1.82) is 0 Å². The Morgan fingerprint density at radius 2 is 1.86 bits per heavy atom. The molecule has 1 fully saturated rings. The Morgan fingerprint density at radius 1 is 1.12 bits per heavy atom. The van der Waals surface area contributed by atoms with Gasteiger partial charge in [0.1, 0.15) is 22.5 Å². The van der Waals surface area contributed by atoms with Crippen molar-refractivity contribution in [2.75, 3.05) is 17.7 Å².